The first-order valence-corrected chi connectivity index (χ1v) is 9.42. The number of piperazine rings is 1. The second-order valence-corrected chi connectivity index (χ2v) is 7.10. The van der Waals surface area contributed by atoms with E-state index in [0.717, 1.165) is 18.9 Å². The number of aromatic nitrogens is 1. The number of anilines is 2. The van der Waals surface area contributed by atoms with Gasteiger partial charge in [-0.25, -0.2) is 9.88 Å². The average Bonchev–Trinajstić information content (AvgIpc) is 3.03. The Morgan fingerprint density at radius 1 is 1.00 bits per heavy atom. The molecule has 3 heterocycles. The van der Waals surface area contributed by atoms with Crippen molar-refractivity contribution in [3.63, 3.8) is 0 Å². The molecule has 0 saturated carbocycles. The van der Waals surface area contributed by atoms with Gasteiger partial charge in [0.05, 0.1) is 18.2 Å². The van der Waals surface area contributed by atoms with E-state index < -0.39 is 6.04 Å². The summed E-state index contributed by atoms with van der Waals surface area (Å²) in [6.45, 7) is 4.43. The van der Waals surface area contributed by atoms with Crippen LogP contribution in [0.4, 0.5) is 11.5 Å². The summed E-state index contributed by atoms with van der Waals surface area (Å²) in [5.74, 6) is 0.502. The van der Waals surface area contributed by atoms with Gasteiger partial charge in [-0.15, -0.1) is 0 Å². The number of nitrogens with zero attached hydrogens (tertiary/aromatic N) is 4. The van der Waals surface area contributed by atoms with Crippen LogP contribution in [0, 0.1) is 0 Å². The smallest absolute Gasteiger partial charge is 0.251 e. The van der Waals surface area contributed by atoms with Crippen LogP contribution in [0.15, 0.2) is 48.7 Å². The number of ketones is 1. The molecule has 0 N–H and O–H groups in total. The maximum atomic E-state index is 13.0. The van der Waals surface area contributed by atoms with Crippen molar-refractivity contribution in [3.05, 3.63) is 54.2 Å². The number of Topliss-reactive ketones (excluding diaryl/α,β-unsaturated/α-hetero) is 1. The van der Waals surface area contributed by atoms with Crippen LogP contribution in [0.5, 0.6) is 0 Å². The molecule has 0 aliphatic carbocycles. The van der Waals surface area contributed by atoms with Crippen LogP contribution in [0.3, 0.4) is 0 Å². The minimum Gasteiger partial charge on any atom is -0.354 e. The molecular formula is C21H22N4O3. The minimum atomic E-state index is -0.425. The van der Waals surface area contributed by atoms with E-state index in [1.807, 2.05) is 18.2 Å². The number of benzene rings is 1. The van der Waals surface area contributed by atoms with E-state index >= 15 is 0 Å². The van der Waals surface area contributed by atoms with Crippen LogP contribution < -0.4 is 9.80 Å². The van der Waals surface area contributed by atoms with Crippen LogP contribution in [0.1, 0.15) is 23.7 Å². The molecule has 2 aliphatic rings. The van der Waals surface area contributed by atoms with Crippen molar-refractivity contribution in [2.75, 3.05) is 36.0 Å². The molecule has 2 aliphatic heterocycles. The van der Waals surface area contributed by atoms with E-state index in [4.69, 9.17) is 0 Å². The molecule has 2 saturated heterocycles. The standard InChI is InChI=1S/C21H22N4O3/c1-15(26)16-5-7-17(8-6-16)25-20(27)14-18(21(25)28)23-10-12-24(13-11-23)19-4-2-3-9-22-19/h2-9,18H,10-14H2,1H3/t18-/m0/s1. The van der Waals surface area contributed by atoms with E-state index in [2.05, 4.69) is 14.8 Å². The lowest BCUT2D eigenvalue weighted by Crippen LogP contribution is -2.52. The second kappa shape index (κ2) is 7.52. The fourth-order valence-electron chi connectivity index (χ4n) is 3.82. The Morgan fingerprint density at radius 3 is 2.32 bits per heavy atom. The van der Waals surface area contributed by atoms with Crippen LogP contribution in [-0.2, 0) is 9.59 Å². The Morgan fingerprint density at radius 2 is 1.71 bits per heavy atom. The van der Waals surface area contributed by atoms with E-state index in [1.165, 1.54) is 11.8 Å². The summed E-state index contributed by atoms with van der Waals surface area (Å²) in [5.41, 5.74) is 1.08. The zero-order valence-corrected chi connectivity index (χ0v) is 15.7. The molecule has 28 heavy (non-hydrogen) atoms. The van der Waals surface area contributed by atoms with Crippen molar-refractivity contribution in [1.29, 1.82) is 0 Å². The molecule has 2 aromatic rings. The number of carbonyl (C=O) groups excluding carboxylic acids is 3. The summed E-state index contributed by atoms with van der Waals surface area (Å²) < 4.78 is 0. The van der Waals surface area contributed by atoms with Crippen molar-refractivity contribution in [3.8, 4) is 0 Å². The number of amides is 2. The van der Waals surface area contributed by atoms with Gasteiger partial charge in [0, 0.05) is 37.9 Å². The maximum Gasteiger partial charge on any atom is 0.251 e. The lowest BCUT2D eigenvalue weighted by Gasteiger charge is -2.37. The fraction of sp³-hybridized carbons (Fsp3) is 0.333. The molecule has 144 valence electrons. The number of rotatable bonds is 4. The molecule has 1 aromatic carbocycles. The molecule has 1 atom stereocenters. The van der Waals surface area contributed by atoms with E-state index in [-0.39, 0.29) is 24.0 Å². The quantitative estimate of drug-likeness (QED) is 0.596. The molecule has 1 aromatic heterocycles. The van der Waals surface area contributed by atoms with E-state index in [1.54, 1.807) is 30.5 Å². The lowest BCUT2D eigenvalue weighted by atomic mass is 10.1. The third-order valence-electron chi connectivity index (χ3n) is 5.38. The van der Waals surface area contributed by atoms with Gasteiger partial charge in [-0.3, -0.25) is 19.3 Å². The van der Waals surface area contributed by atoms with Gasteiger partial charge in [0.2, 0.25) is 5.91 Å². The molecule has 0 spiro atoms. The van der Waals surface area contributed by atoms with Gasteiger partial charge in [-0.1, -0.05) is 6.07 Å². The van der Waals surface area contributed by atoms with Crippen LogP contribution in [0.2, 0.25) is 0 Å². The van der Waals surface area contributed by atoms with Gasteiger partial charge in [-0.05, 0) is 43.3 Å². The molecular weight excluding hydrogens is 356 g/mol. The highest BCUT2D eigenvalue weighted by atomic mass is 16.2. The number of pyridine rings is 1. The summed E-state index contributed by atoms with van der Waals surface area (Å²) >= 11 is 0. The Balaban J connectivity index is 1.44. The summed E-state index contributed by atoms with van der Waals surface area (Å²) in [6, 6.07) is 12.0. The normalized spacial score (nSPS) is 20.7. The van der Waals surface area contributed by atoms with Crippen molar-refractivity contribution in [1.82, 2.24) is 9.88 Å². The molecule has 0 unspecified atom stereocenters. The van der Waals surface area contributed by atoms with Crippen molar-refractivity contribution in [2.45, 2.75) is 19.4 Å². The highest BCUT2D eigenvalue weighted by molar-refractivity contribution is 6.22. The Labute approximate surface area is 163 Å². The first-order valence-electron chi connectivity index (χ1n) is 9.42. The first kappa shape index (κ1) is 18.3. The van der Waals surface area contributed by atoms with Gasteiger partial charge in [0.1, 0.15) is 5.82 Å². The monoisotopic (exact) mass is 378 g/mol. The molecule has 2 amide bonds. The molecule has 4 rings (SSSR count). The predicted octanol–water partition coefficient (Wildman–Crippen LogP) is 1.74. The topological polar surface area (TPSA) is 73.8 Å². The second-order valence-electron chi connectivity index (χ2n) is 7.10. The predicted molar refractivity (Wildman–Crippen MR) is 105 cm³/mol. The number of hydrogen-bond acceptors (Lipinski definition) is 6. The summed E-state index contributed by atoms with van der Waals surface area (Å²) in [7, 11) is 0. The molecule has 0 bridgehead atoms. The lowest BCUT2D eigenvalue weighted by molar-refractivity contribution is -0.123. The largest absolute Gasteiger partial charge is 0.354 e. The maximum absolute atomic E-state index is 13.0. The van der Waals surface area contributed by atoms with Crippen molar-refractivity contribution < 1.29 is 14.4 Å². The SMILES string of the molecule is CC(=O)c1ccc(N2C(=O)C[C@H](N3CCN(c4ccccn4)CC3)C2=O)cc1. The van der Waals surface area contributed by atoms with E-state index in [0.29, 0.717) is 24.3 Å². The number of imide groups is 1. The number of hydrogen-bond donors (Lipinski definition) is 0. The third kappa shape index (κ3) is 3.41. The summed E-state index contributed by atoms with van der Waals surface area (Å²) in [6.07, 6.45) is 1.97. The Hall–Kier alpha value is -3.06. The minimum absolute atomic E-state index is 0.0470. The molecule has 7 nitrogen and oxygen atoms in total. The summed E-state index contributed by atoms with van der Waals surface area (Å²) in [5, 5.41) is 0. The van der Waals surface area contributed by atoms with Gasteiger partial charge in [-0.2, -0.15) is 0 Å². The first-order chi connectivity index (χ1) is 13.5. The zero-order valence-electron chi connectivity index (χ0n) is 15.7. The zero-order chi connectivity index (χ0) is 19.7. The average molecular weight is 378 g/mol. The summed E-state index contributed by atoms with van der Waals surface area (Å²) in [4.78, 5) is 46.8. The van der Waals surface area contributed by atoms with Crippen LogP contribution >= 0.6 is 0 Å². The highest BCUT2D eigenvalue weighted by Gasteiger charge is 2.43. The van der Waals surface area contributed by atoms with Crippen LogP contribution in [0.25, 0.3) is 0 Å². The van der Waals surface area contributed by atoms with E-state index in [9.17, 15) is 14.4 Å². The third-order valence-corrected chi connectivity index (χ3v) is 5.38. The van der Waals surface area contributed by atoms with Gasteiger partial charge >= 0.3 is 0 Å². The Bertz CT molecular complexity index is 890. The molecule has 0 radical (unpaired) electrons. The fourth-order valence-corrected chi connectivity index (χ4v) is 3.82. The molecule has 7 heteroatoms. The van der Waals surface area contributed by atoms with Gasteiger partial charge < -0.3 is 4.90 Å². The van der Waals surface area contributed by atoms with Crippen molar-refractivity contribution >= 4 is 29.1 Å². The Kier molecular flexibility index (Phi) is 4.92. The van der Waals surface area contributed by atoms with Crippen molar-refractivity contribution in [2.24, 2.45) is 0 Å². The highest BCUT2D eigenvalue weighted by Crippen LogP contribution is 2.27. The van der Waals surface area contributed by atoms with Gasteiger partial charge in [0.15, 0.2) is 5.78 Å². The molecule has 2 fully saturated rings. The van der Waals surface area contributed by atoms with Gasteiger partial charge in [0.25, 0.3) is 5.91 Å². The number of carbonyl (C=O) groups is 3. The van der Waals surface area contributed by atoms with Crippen LogP contribution in [-0.4, -0.2) is 59.7 Å².